The number of aliphatic hydroxyl groups is 2. The summed E-state index contributed by atoms with van der Waals surface area (Å²) < 4.78 is 16.3. The number of hydrogen-bond donors (Lipinski definition) is 3. The van der Waals surface area contributed by atoms with E-state index in [2.05, 4.69) is 19.2 Å². The smallest absolute Gasteiger partial charge is 0.305 e. The van der Waals surface area contributed by atoms with E-state index in [9.17, 15) is 19.8 Å². The van der Waals surface area contributed by atoms with Crippen LogP contribution in [0.4, 0.5) is 0 Å². The molecule has 8 heteroatoms. The zero-order valence-electron chi connectivity index (χ0n) is 23.6. The molecule has 1 fully saturated rings. The normalized spacial score (nSPS) is 23.8. The Bertz CT molecular complexity index is 601. The van der Waals surface area contributed by atoms with Crippen molar-refractivity contribution in [3.8, 4) is 0 Å². The van der Waals surface area contributed by atoms with E-state index >= 15 is 0 Å². The zero-order valence-corrected chi connectivity index (χ0v) is 23.6. The molecule has 1 rings (SSSR count). The molecule has 0 aromatic heterocycles. The molecular weight excluding hydrogens is 474 g/mol. The van der Waals surface area contributed by atoms with Crippen LogP contribution < -0.4 is 5.32 Å². The third-order valence-electron chi connectivity index (χ3n) is 6.85. The molecule has 0 saturated carbocycles. The minimum atomic E-state index is -1.41. The Morgan fingerprint density at radius 1 is 0.892 bits per heavy atom. The molecule has 8 nitrogen and oxygen atoms in total. The van der Waals surface area contributed by atoms with Crippen LogP contribution in [0, 0.1) is 6.92 Å². The number of rotatable bonds is 21. The Labute approximate surface area is 225 Å². The summed E-state index contributed by atoms with van der Waals surface area (Å²) in [7, 11) is 0. The number of carbonyl (C=O) groups excluding carboxylic acids is 2. The van der Waals surface area contributed by atoms with Crippen LogP contribution in [0.1, 0.15) is 124 Å². The van der Waals surface area contributed by atoms with Gasteiger partial charge in [0.15, 0.2) is 6.29 Å². The first-order valence-electron chi connectivity index (χ1n) is 14.7. The van der Waals surface area contributed by atoms with Gasteiger partial charge in [0.25, 0.3) is 0 Å². The Morgan fingerprint density at radius 2 is 1.38 bits per heavy atom. The van der Waals surface area contributed by atoms with Crippen molar-refractivity contribution in [2.75, 3.05) is 6.61 Å². The number of ether oxygens (including phenoxy) is 3. The summed E-state index contributed by atoms with van der Waals surface area (Å²) in [6, 6.07) is -0.955. The van der Waals surface area contributed by atoms with Crippen LogP contribution >= 0.6 is 0 Å². The molecule has 1 heterocycles. The van der Waals surface area contributed by atoms with Crippen molar-refractivity contribution >= 4 is 11.9 Å². The summed E-state index contributed by atoms with van der Waals surface area (Å²) >= 11 is 0. The first-order valence-corrected chi connectivity index (χ1v) is 14.7. The Hall–Kier alpha value is -1.22. The van der Waals surface area contributed by atoms with Gasteiger partial charge in [0.1, 0.15) is 31.0 Å². The van der Waals surface area contributed by atoms with E-state index in [1.54, 1.807) is 6.92 Å². The predicted octanol–water partition coefficient (Wildman–Crippen LogP) is 4.98. The molecule has 6 atom stereocenters. The lowest BCUT2D eigenvalue weighted by Gasteiger charge is -2.43. The SMILES string of the molecule is [CH2]C(C)O[C@H]1[C@H](O)[C@@H](COC(=O)CCCCCCCCCCCCCCCCC)O[C@H](O)[C@@H]1NC(C)=O. The van der Waals surface area contributed by atoms with Crippen molar-refractivity contribution < 1.29 is 34.0 Å². The Morgan fingerprint density at radius 3 is 1.84 bits per heavy atom. The molecule has 3 N–H and O–H groups in total. The fraction of sp³-hybridized carbons (Fsp3) is 0.897. The molecule has 1 saturated heterocycles. The van der Waals surface area contributed by atoms with E-state index in [1.807, 2.05) is 0 Å². The van der Waals surface area contributed by atoms with Gasteiger partial charge in [-0.05, 0) is 20.3 Å². The maximum Gasteiger partial charge on any atom is 0.305 e. The van der Waals surface area contributed by atoms with Crippen LogP contribution in [-0.4, -0.2) is 65.4 Å². The molecule has 1 radical (unpaired) electrons. The molecule has 0 aromatic carbocycles. The molecule has 1 aliphatic heterocycles. The molecule has 1 unspecified atom stereocenters. The van der Waals surface area contributed by atoms with Gasteiger partial charge in [0, 0.05) is 13.3 Å². The molecule has 217 valence electrons. The van der Waals surface area contributed by atoms with Gasteiger partial charge in [-0.25, -0.2) is 0 Å². The molecule has 1 aliphatic rings. The molecule has 37 heavy (non-hydrogen) atoms. The van der Waals surface area contributed by atoms with E-state index < -0.39 is 42.7 Å². The Balaban J connectivity index is 2.12. The minimum Gasteiger partial charge on any atom is -0.463 e. The van der Waals surface area contributed by atoms with Crippen molar-refractivity contribution in [2.24, 2.45) is 0 Å². The second kappa shape index (κ2) is 20.7. The molecule has 0 spiro atoms. The van der Waals surface area contributed by atoms with Crippen LogP contribution in [0.15, 0.2) is 0 Å². The van der Waals surface area contributed by atoms with E-state index in [0.717, 1.165) is 19.3 Å². The summed E-state index contributed by atoms with van der Waals surface area (Å²) in [6.45, 7) is 8.79. The van der Waals surface area contributed by atoms with Gasteiger partial charge in [0.05, 0.1) is 6.10 Å². The molecule has 1 amide bonds. The standard InChI is InChI=1S/C29H54NO7/c1-5-6-7-8-9-10-11-12-13-14-15-16-17-18-19-20-25(32)35-21-24-27(33)28(36-22(2)3)26(29(34)37-24)30-23(4)31/h22,24,26-29,33-34H,2,5-21H2,1,3-4H3,(H,30,31)/t22?,24-,26-,27-,28-,29+/m1/s1. The van der Waals surface area contributed by atoms with Crippen molar-refractivity contribution in [3.63, 3.8) is 0 Å². The van der Waals surface area contributed by atoms with Gasteiger partial charge in [-0.2, -0.15) is 0 Å². The monoisotopic (exact) mass is 528 g/mol. The number of aliphatic hydroxyl groups excluding tert-OH is 2. The molecule has 0 aromatic rings. The van der Waals surface area contributed by atoms with E-state index in [1.165, 1.54) is 84.0 Å². The topological polar surface area (TPSA) is 114 Å². The maximum atomic E-state index is 12.2. The first kappa shape index (κ1) is 33.8. The quantitative estimate of drug-likeness (QED) is 0.142. The Kier molecular flexibility index (Phi) is 18.9. The highest BCUT2D eigenvalue weighted by atomic mass is 16.6. The van der Waals surface area contributed by atoms with Gasteiger partial charge >= 0.3 is 5.97 Å². The van der Waals surface area contributed by atoms with Gasteiger partial charge in [-0.1, -0.05) is 96.8 Å². The van der Waals surface area contributed by atoms with Crippen LogP contribution in [-0.2, 0) is 23.8 Å². The van der Waals surface area contributed by atoms with Crippen molar-refractivity contribution in [1.82, 2.24) is 5.32 Å². The lowest BCUT2D eigenvalue weighted by atomic mass is 9.96. The number of nitrogens with one attached hydrogen (secondary N) is 1. The van der Waals surface area contributed by atoms with Gasteiger partial charge < -0.3 is 29.7 Å². The van der Waals surface area contributed by atoms with Crippen molar-refractivity contribution in [3.05, 3.63) is 6.92 Å². The molecular formula is C29H54NO7. The summed E-state index contributed by atoms with van der Waals surface area (Å²) in [5, 5.41) is 23.5. The van der Waals surface area contributed by atoms with Crippen molar-refractivity contribution in [2.45, 2.75) is 160 Å². The first-order chi connectivity index (χ1) is 17.8. The highest BCUT2D eigenvalue weighted by Crippen LogP contribution is 2.24. The lowest BCUT2D eigenvalue weighted by molar-refractivity contribution is -0.266. The summed E-state index contributed by atoms with van der Waals surface area (Å²) in [4.78, 5) is 23.6. The van der Waals surface area contributed by atoms with Gasteiger partial charge in [0.2, 0.25) is 5.91 Å². The molecule has 0 aliphatic carbocycles. The minimum absolute atomic E-state index is 0.200. The number of carbonyl (C=O) groups is 2. The van der Waals surface area contributed by atoms with Gasteiger partial charge in [-0.15, -0.1) is 0 Å². The summed E-state index contributed by atoms with van der Waals surface area (Å²) in [6.07, 6.45) is 14.2. The second-order valence-electron chi connectivity index (χ2n) is 10.6. The van der Waals surface area contributed by atoms with E-state index in [0.29, 0.717) is 6.42 Å². The third kappa shape index (κ3) is 15.7. The fourth-order valence-corrected chi connectivity index (χ4v) is 4.78. The van der Waals surface area contributed by atoms with Crippen molar-refractivity contribution in [1.29, 1.82) is 0 Å². The zero-order chi connectivity index (χ0) is 27.5. The number of esters is 1. The van der Waals surface area contributed by atoms with Crippen LogP contribution in [0.3, 0.4) is 0 Å². The second-order valence-corrected chi connectivity index (χ2v) is 10.6. The van der Waals surface area contributed by atoms with E-state index in [4.69, 9.17) is 14.2 Å². The van der Waals surface area contributed by atoms with Crippen LogP contribution in [0.5, 0.6) is 0 Å². The number of amides is 1. The molecule has 0 bridgehead atoms. The number of unbranched alkanes of at least 4 members (excludes halogenated alkanes) is 14. The highest BCUT2D eigenvalue weighted by molar-refractivity contribution is 5.73. The average Bonchev–Trinajstić information content (AvgIpc) is 2.84. The highest BCUT2D eigenvalue weighted by Gasteiger charge is 2.46. The van der Waals surface area contributed by atoms with E-state index in [-0.39, 0.29) is 12.6 Å². The van der Waals surface area contributed by atoms with Crippen LogP contribution in [0.25, 0.3) is 0 Å². The van der Waals surface area contributed by atoms with Gasteiger partial charge in [-0.3, -0.25) is 9.59 Å². The predicted molar refractivity (Wildman–Crippen MR) is 145 cm³/mol. The maximum absolute atomic E-state index is 12.2. The average molecular weight is 529 g/mol. The lowest BCUT2D eigenvalue weighted by Crippen LogP contribution is -2.65. The number of hydrogen-bond acceptors (Lipinski definition) is 7. The van der Waals surface area contributed by atoms with Crippen LogP contribution in [0.2, 0.25) is 0 Å². The summed E-state index contributed by atoms with van der Waals surface area (Å²) in [5.41, 5.74) is 0. The fourth-order valence-electron chi connectivity index (χ4n) is 4.78. The summed E-state index contributed by atoms with van der Waals surface area (Å²) in [5.74, 6) is -0.745. The third-order valence-corrected chi connectivity index (χ3v) is 6.85. The largest absolute Gasteiger partial charge is 0.463 e.